The van der Waals surface area contributed by atoms with Crippen LogP contribution in [-0.4, -0.2) is 16.1 Å². The van der Waals surface area contributed by atoms with Gasteiger partial charge < -0.3 is 9.73 Å². The minimum Gasteiger partial charge on any atom is -0.417 e. The number of rotatable bonds is 5. The number of benzene rings is 2. The van der Waals surface area contributed by atoms with E-state index in [4.69, 9.17) is 16.0 Å². The summed E-state index contributed by atoms with van der Waals surface area (Å²) in [5, 5.41) is 10.8. The Labute approximate surface area is 142 Å². The first-order valence-corrected chi connectivity index (χ1v) is 7.58. The molecule has 0 saturated carbocycles. The summed E-state index contributed by atoms with van der Waals surface area (Å²) in [6, 6.07) is 13.3. The summed E-state index contributed by atoms with van der Waals surface area (Å²) in [5.74, 6) is -0.741. The first kappa shape index (κ1) is 16.1. The molecule has 2 aromatic carbocycles. The highest BCUT2D eigenvalue weighted by Crippen LogP contribution is 2.15. The molecular weight excluding hydrogens is 333 g/mol. The highest BCUT2D eigenvalue weighted by Gasteiger charge is 2.15. The third-order valence-corrected chi connectivity index (χ3v) is 3.67. The van der Waals surface area contributed by atoms with Gasteiger partial charge >= 0.3 is 11.8 Å². The average molecular weight is 346 g/mol. The van der Waals surface area contributed by atoms with Crippen molar-refractivity contribution in [2.45, 2.75) is 13.0 Å². The Hall–Kier alpha value is -2.73. The standard InChI is InChI=1S/C17H13ClFN3O2/c18-14-7-2-1-5-12(14)10-20-16(23)17-22-21-15(24-17)9-11-4-3-6-13(19)8-11/h1-8H,9-10H2,(H,20,23). The molecule has 3 aromatic rings. The van der Waals surface area contributed by atoms with Crippen LogP contribution >= 0.6 is 11.6 Å². The highest BCUT2D eigenvalue weighted by atomic mass is 35.5. The molecule has 0 saturated heterocycles. The minimum atomic E-state index is -0.493. The number of amides is 1. The fourth-order valence-corrected chi connectivity index (χ4v) is 2.33. The number of halogens is 2. The lowest BCUT2D eigenvalue weighted by molar-refractivity contribution is 0.0914. The van der Waals surface area contributed by atoms with Crippen molar-refractivity contribution in [3.05, 3.63) is 82.3 Å². The van der Waals surface area contributed by atoms with Crippen molar-refractivity contribution < 1.29 is 13.6 Å². The number of hydrogen-bond donors (Lipinski definition) is 1. The topological polar surface area (TPSA) is 68.0 Å². The Kier molecular flexibility index (Phi) is 4.86. The van der Waals surface area contributed by atoms with Crippen LogP contribution in [0.2, 0.25) is 5.02 Å². The molecule has 0 aliphatic carbocycles. The van der Waals surface area contributed by atoms with Gasteiger partial charge in [-0.25, -0.2) is 4.39 Å². The van der Waals surface area contributed by atoms with E-state index in [0.717, 1.165) is 5.56 Å². The van der Waals surface area contributed by atoms with Gasteiger partial charge in [0, 0.05) is 11.6 Å². The van der Waals surface area contributed by atoms with Crippen molar-refractivity contribution in [1.82, 2.24) is 15.5 Å². The number of carbonyl (C=O) groups is 1. The van der Waals surface area contributed by atoms with E-state index in [2.05, 4.69) is 15.5 Å². The largest absolute Gasteiger partial charge is 0.417 e. The molecule has 1 aromatic heterocycles. The van der Waals surface area contributed by atoms with Gasteiger partial charge in [0.2, 0.25) is 5.89 Å². The molecule has 122 valence electrons. The van der Waals surface area contributed by atoms with Crippen molar-refractivity contribution in [3.63, 3.8) is 0 Å². The van der Waals surface area contributed by atoms with Crippen molar-refractivity contribution in [3.8, 4) is 0 Å². The molecule has 0 aliphatic rings. The van der Waals surface area contributed by atoms with E-state index in [0.29, 0.717) is 10.6 Å². The first-order chi connectivity index (χ1) is 11.6. The Morgan fingerprint density at radius 2 is 2.00 bits per heavy atom. The molecule has 0 radical (unpaired) electrons. The summed E-state index contributed by atoms with van der Waals surface area (Å²) in [5.41, 5.74) is 1.47. The molecule has 0 atom stereocenters. The third kappa shape index (κ3) is 3.97. The predicted molar refractivity (Wildman–Crippen MR) is 86.1 cm³/mol. The second kappa shape index (κ2) is 7.23. The van der Waals surface area contributed by atoms with E-state index < -0.39 is 5.91 Å². The van der Waals surface area contributed by atoms with Gasteiger partial charge in [-0.15, -0.1) is 10.2 Å². The van der Waals surface area contributed by atoms with Crippen molar-refractivity contribution >= 4 is 17.5 Å². The summed E-state index contributed by atoms with van der Waals surface area (Å²) in [6.07, 6.45) is 0.253. The Morgan fingerprint density at radius 1 is 1.17 bits per heavy atom. The summed E-state index contributed by atoms with van der Waals surface area (Å²) in [7, 11) is 0. The molecule has 0 unspecified atom stereocenters. The molecular formula is C17H13ClFN3O2. The van der Waals surface area contributed by atoms with E-state index >= 15 is 0 Å². The zero-order valence-corrected chi connectivity index (χ0v) is 13.3. The fraction of sp³-hybridized carbons (Fsp3) is 0.118. The van der Waals surface area contributed by atoms with Gasteiger partial charge in [0.15, 0.2) is 0 Å². The zero-order valence-electron chi connectivity index (χ0n) is 12.5. The van der Waals surface area contributed by atoms with E-state index in [1.165, 1.54) is 12.1 Å². The molecule has 0 spiro atoms. The van der Waals surface area contributed by atoms with E-state index in [-0.39, 0.29) is 30.6 Å². The lowest BCUT2D eigenvalue weighted by atomic mass is 10.1. The van der Waals surface area contributed by atoms with Crippen LogP contribution in [0.15, 0.2) is 52.9 Å². The summed E-state index contributed by atoms with van der Waals surface area (Å²) in [6.45, 7) is 0.250. The Balaban J connectivity index is 1.62. The maximum Gasteiger partial charge on any atom is 0.309 e. The lowest BCUT2D eigenvalue weighted by Crippen LogP contribution is -2.23. The van der Waals surface area contributed by atoms with E-state index in [9.17, 15) is 9.18 Å². The number of nitrogens with one attached hydrogen (secondary N) is 1. The number of hydrogen-bond acceptors (Lipinski definition) is 4. The summed E-state index contributed by atoms with van der Waals surface area (Å²) < 4.78 is 18.5. The van der Waals surface area contributed by atoms with Crippen LogP contribution in [0.5, 0.6) is 0 Å². The van der Waals surface area contributed by atoms with Crippen LogP contribution in [0.4, 0.5) is 4.39 Å². The zero-order chi connectivity index (χ0) is 16.9. The van der Waals surface area contributed by atoms with Gasteiger partial charge in [-0.1, -0.05) is 41.9 Å². The van der Waals surface area contributed by atoms with Crippen LogP contribution < -0.4 is 5.32 Å². The number of nitrogens with zero attached hydrogens (tertiary/aromatic N) is 2. The second-order valence-electron chi connectivity index (χ2n) is 5.08. The van der Waals surface area contributed by atoms with Crippen LogP contribution in [0.25, 0.3) is 0 Å². The van der Waals surface area contributed by atoms with Gasteiger partial charge in [0.25, 0.3) is 0 Å². The van der Waals surface area contributed by atoms with Crippen LogP contribution in [-0.2, 0) is 13.0 Å². The number of carbonyl (C=O) groups excluding carboxylic acids is 1. The van der Waals surface area contributed by atoms with Gasteiger partial charge in [0.05, 0.1) is 6.42 Å². The summed E-state index contributed by atoms with van der Waals surface area (Å²) in [4.78, 5) is 12.0. The molecule has 0 fully saturated rings. The monoisotopic (exact) mass is 345 g/mol. The molecule has 5 nitrogen and oxygen atoms in total. The predicted octanol–water partition coefficient (Wildman–Crippen LogP) is 3.38. The van der Waals surface area contributed by atoms with Gasteiger partial charge in [-0.2, -0.15) is 0 Å². The minimum absolute atomic E-state index is 0.145. The molecule has 1 heterocycles. The fourth-order valence-electron chi connectivity index (χ4n) is 2.13. The molecule has 0 aliphatic heterocycles. The van der Waals surface area contributed by atoms with Crippen molar-refractivity contribution in [1.29, 1.82) is 0 Å². The normalized spacial score (nSPS) is 10.6. The van der Waals surface area contributed by atoms with Crippen molar-refractivity contribution in [2.75, 3.05) is 0 Å². The molecule has 7 heteroatoms. The molecule has 1 amide bonds. The molecule has 3 rings (SSSR count). The highest BCUT2D eigenvalue weighted by molar-refractivity contribution is 6.31. The lowest BCUT2D eigenvalue weighted by Gasteiger charge is -2.04. The van der Waals surface area contributed by atoms with E-state index in [1.54, 1.807) is 18.2 Å². The quantitative estimate of drug-likeness (QED) is 0.769. The Morgan fingerprint density at radius 3 is 2.79 bits per heavy atom. The van der Waals surface area contributed by atoms with Gasteiger partial charge in [-0.05, 0) is 29.3 Å². The van der Waals surface area contributed by atoms with Crippen LogP contribution in [0.3, 0.4) is 0 Å². The first-order valence-electron chi connectivity index (χ1n) is 7.20. The van der Waals surface area contributed by atoms with Crippen LogP contribution in [0.1, 0.15) is 27.7 Å². The molecule has 24 heavy (non-hydrogen) atoms. The summed E-state index contributed by atoms with van der Waals surface area (Å²) >= 11 is 6.03. The molecule has 0 bridgehead atoms. The second-order valence-corrected chi connectivity index (χ2v) is 5.49. The van der Waals surface area contributed by atoms with Crippen molar-refractivity contribution in [2.24, 2.45) is 0 Å². The number of aromatic nitrogens is 2. The van der Waals surface area contributed by atoms with E-state index in [1.807, 2.05) is 18.2 Å². The smallest absolute Gasteiger partial charge is 0.309 e. The average Bonchev–Trinajstić information content (AvgIpc) is 3.02. The Bertz CT molecular complexity index is 866. The maximum atomic E-state index is 13.2. The van der Waals surface area contributed by atoms with Crippen LogP contribution in [0, 0.1) is 5.82 Å². The maximum absolute atomic E-state index is 13.2. The SMILES string of the molecule is O=C(NCc1ccccc1Cl)c1nnc(Cc2cccc(F)c2)o1. The molecule has 1 N–H and O–H groups in total. The third-order valence-electron chi connectivity index (χ3n) is 3.30. The van der Waals surface area contributed by atoms with Gasteiger partial charge in [0.1, 0.15) is 5.82 Å². The van der Waals surface area contributed by atoms with Gasteiger partial charge in [-0.3, -0.25) is 4.79 Å².